The Hall–Kier alpha value is -2.88. The van der Waals surface area contributed by atoms with Gasteiger partial charge in [0, 0.05) is 23.9 Å². The Labute approximate surface area is 180 Å². The first kappa shape index (κ1) is 24.4. The monoisotopic (exact) mass is 439 g/mol. The van der Waals surface area contributed by atoms with Gasteiger partial charge in [-0.3, -0.25) is 9.78 Å². The topological polar surface area (TPSA) is 78.9 Å². The molecule has 0 spiro atoms. The predicted molar refractivity (Wildman–Crippen MR) is 111 cm³/mol. The lowest BCUT2D eigenvalue weighted by atomic mass is 9.98. The van der Waals surface area contributed by atoms with Crippen molar-refractivity contribution in [1.29, 1.82) is 0 Å². The van der Waals surface area contributed by atoms with Crippen molar-refractivity contribution in [2.75, 3.05) is 0 Å². The molecule has 0 bridgehead atoms. The fourth-order valence-electron chi connectivity index (χ4n) is 3.13. The molecule has 0 aliphatic carbocycles. The summed E-state index contributed by atoms with van der Waals surface area (Å²) < 4.78 is 37.8. The number of allylic oxidation sites excluding steroid dienone is 2. The number of amidine groups is 1. The van der Waals surface area contributed by atoms with Gasteiger partial charge in [-0.25, -0.2) is 15.3 Å². The van der Waals surface area contributed by atoms with Crippen LogP contribution in [0.5, 0.6) is 0 Å². The van der Waals surface area contributed by atoms with Crippen LogP contribution in [-0.2, 0) is 16.2 Å². The first-order valence-electron chi connectivity index (χ1n) is 10.4. The lowest BCUT2D eigenvalue weighted by molar-refractivity contribution is -0.220. The van der Waals surface area contributed by atoms with Crippen LogP contribution >= 0.6 is 0 Å². The van der Waals surface area contributed by atoms with E-state index < -0.39 is 12.4 Å². The van der Waals surface area contributed by atoms with Gasteiger partial charge in [0.05, 0.1) is 18.3 Å². The van der Waals surface area contributed by atoms with Crippen LogP contribution in [0.4, 0.5) is 13.2 Å². The van der Waals surface area contributed by atoms with E-state index in [-0.39, 0.29) is 17.8 Å². The summed E-state index contributed by atoms with van der Waals surface area (Å²) in [6.07, 6.45) is 1.37. The molecule has 0 radical (unpaired) electrons. The standard InChI is InChI=1S/C17H16F3N5O2.2C2H6/c18-17(19,20)16-23-15(24-27-16)10-3-4-11(22-8-10)9-25-13-2-1-7-21-12(13)5-6-14(25)26;2*1-2/h1-4,7-8,12,16,21H,5-6,9H2,(H,23,24);2*1-2H3. The Balaban J connectivity index is 0.000000807. The number of aliphatic imine (C=N–C) groups is 1. The molecule has 1 amide bonds. The molecule has 1 aromatic rings. The summed E-state index contributed by atoms with van der Waals surface area (Å²) in [6.45, 7) is 8.29. The zero-order valence-corrected chi connectivity index (χ0v) is 18.0. The fourth-order valence-corrected chi connectivity index (χ4v) is 3.13. The van der Waals surface area contributed by atoms with E-state index in [2.05, 4.69) is 25.6 Å². The zero-order valence-electron chi connectivity index (χ0n) is 18.0. The van der Waals surface area contributed by atoms with Gasteiger partial charge in [0.1, 0.15) is 0 Å². The van der Waals surface area contributed by atoms with Gasteiger partial charge >= 0.3 is 6.18 Å². The second kappa shape index (κ2) is 10.9. The van der Waals surface area contributed by atoms with E-state index >= 15 is 0 Å². The Morgan fingerprint density at radius 3 is 2.58 bits per heavy atom. The van der Waals surface area contributed by atoms with Crippen molar-refractivity contribution < 1.29 is 22.8 Å². The molecule has 4 heterocycles. The van der Waals surface area contributed by atoms with Gasteiger partial charge in [0.15, 0.2) is 5.84 Å². The third-order valence-electron chi connectivity index (χ3n) is 4.49. The SMILES string of the molecule is CC.CC.O=C1CCC2NC=CC=C2N1Cc1ccc(C2=NC(C(F)(F)F)ON2)cn1. The molecule has 1 fully saturated rings. The molecule has 3 aliphatic heterocycles. The van der Waals surface area contributed by atoms with Crippen LogP contribution in [0.15, 0.2) is 47.4 Å². The molecule has 10 heteroatoms. The minimum atomic E-state index is -4.58. The van der Waals surface area contributed by atoms with E-state index in [4.69, 9.17) is 0 Å². The quantitative estimate of drug-likeness (QED) is 0.749. The Morgan fingerprint density at radius 1 is 1.23 bits per heavy atom. The number of piperidine rings is 1. The highest BCUT2D eigenvalue weighted by molar-refractivity contribution is 5.98. The first-order chi connectivity index (χ1) is 14.9. The second-order valence-electron chi connectivity index (χ2n) is 6.32. The lowest BCUT2D eigenvalue weighted by Gasteiger charge is -2.36. The average Bonchev–Trinajstić information content (AvgIpc) is 3.30. The van der Waals surface area contributed by atoms with Crippen molar-refractivity contribution in [3.8, 4) is 0 Å². The molecule has 7 nitrogen and oxygen atoms in total. The van der Waals surface area contributed by atoms with Gasteiger partial charge < -0.3 is 10.2 Å². The Morgan fingerprint density at radius 2 is 1.97 bits per heavy atom. The number of fused-ring (bicyclic) bond motifs is 1. The van der Waals surface area contributed by atoms with Crippen molar-refractivity contribution >= 4 is 11.7 Å². The number of carbonyl (C=O) groups is 1. The van der Waals surface area contributed by atoms with E-state index in [0.717, 1.165) is 12.1 Å². The van der Waals surface area contributed by atoms with Crippen molar-refractivity contribution in [1.82, 2.24) is 20.7 Å². The van der Waals surface area contributed by atoms with Gasteiger partial charge in [0.25, 0.3) is 6.23 Å². The summed E-state index contributed by atoms with van der Waals surface area (Å²) in [4.78, 5) is 26.2. The van der Waals surface area contributed by atoms with Crippen molar-refractivity contribution in [2.45, 2.75) is 65.5 Å². The van der Waals surface area contributed by atoms with Crippen LogP contribution < -0.4 is 10.8 Å². The number of halogens is 3. The number of rotatable bonds is 3. The molecule has 0 aromatic carbocycles. The van der Waals surface area contributed by atoms with Crippen LogP contribution in [0.3, 0.4) is 0 Å². The number of hydrogen-bond acceptors (Lipinski definition) is 6. The van der Waals surface area contributed by atoms with Crippen molar-refractivity contribution in [3.63, 3.8) is 0 Å². The number of likely N-dealkylation sites (tertiary alicyclic amines) is 1. The molecule has 0 saturated carbocycles. The summed E-state index contributed by atoms with van der Waals surface area (Å²) in [5.41, 5.74) is 4.06. The maximum absolute atomic E-state index is 12.6. The van der Waals surface area contributed by atoms with Gasteiger partial charge in [-0.1, -0.05) is 27.7 Å². The van der Waals surface area contributed by atoms with Crippen LogP contribution in [0, 0.1) is 0 Å². The number of nitrogens with one attached hydrogen (secondary N) is 2. The van der Waals surface area contributed by atoms with Gasteiger partial charge in [-0.2, -0.15) is 13.2 Å². The molecule has 1 saturated heterocycles. The number of alkyl halides is 3. The highest BCUT2D eigenvalue weighted by Gasteiger charge is 2.44. The number of aromatic nitrogens is 1. The maximum Gasteiger partial charge on any atom is 0.437 e. The molecule has 1 aromatic heterocycles. The zero-order chi connectivity index (χ0) is 23.0. The van der Waals surface area contributed by atoms with Gasteiger partial charge in [0.2, 0.25) is 5.91 Å². The van der Waals surface area contributed by atoms with Crippen LogP contribution in [-0.4, -0.2) is 40.1 Å². The predicted octanol–water partition coefficient (Wildman–Crippen LogP) is 3.80. The van der Waals surface area contributed by atoms with Crippen molar-refractivity contribution in [3.05, 3.63) is 53.6 Å². The van der Waals surface area contributed by atoms with Gasteiger partial charge in [-0.15, -0.1) is 0 Å². The van der Waals surface area contributed by atoms with E-state index in [9.17, 15) is 18.0 Å². The van der Waals surface area contributed by atoms with E-state index in [1.807, 2.05) is 46.0 Å². The summed E-state index contributed by atoms with van der Waals surface area (Å²) >= 11 is 0. The molecule has 31 heavy (non-hydrogen) atoms. The summed E-state index contributed by atoms with van der Waals surface area (Å²) in [5.74, 6) is -0.0152. The highest BCUT2D eigenvalue weighted by Crippen LogP contribution is 2.27. The number of carbonyl (C=O) groups excluding carboxylic acids is 1. The molecule has 170 valence electrons. The largest absolute Gasteiger partial charge is 0.437 e. The second-order valence-corrected chi connectivity index (χ2v) is 6.32. The first-order valence-corrected chi connectivity index (χ1v) is 10.4. The molecule has 4 rings (SSSR count). The third-order valence-corrected chi connectivity index (χ3v) is 4.49. The molecule has 2 N–H and O–H groups in total. The molecule has 3 aliphatic rings. The number of pyridine rings is 1. The average molecular weight is 439 g/mol. The highest BCUT2D eigenvalue weighted by atomic mass is 19.4. The summed E-state index contributed by atoms with van der Waals surface area (Å²) in [6, 6.07) is 3.35. The molecular formula is C21H28F3N5O2. The molecule has 2 atom stereocenters. The van der Waals surface area contributed by atoms with E-state index in [0.29, 0.717) is 24.2 Å². The lowest BCUT2D eigenvalue weighted by Crippen LogP contribution is -2.45. The van der Waals surface area contributed by atoms with E-state index in [1.165, 1.54) is 6.20 Å². The number of dihydropyridines is 1. The van der Waals surface area contributed by atoms with Crippen molar-refractivity contribution in [2.24, 2.45) is 4.99 Å². The smallest absolute Gasteiger partial charge is 0.383 e. The fraction of sp³-hybridized carbons (Fsp3) is 0.476. The molecule has 2 unspecified atom stereocenters. The Bertz CT molecular complexity index is 834. The van der Waals surface area contributed by atoms with Crippen LogP contribution in [0.2, 0.25) is 0 Å². The van der Waals surface area contributed by atoms with E-state index in [1.54, 1.807) is 17.0 Å². The minimum Gasteiger partial charge on any atom is -0.383 e. The number of hydroxylamine groups is 1. The number of amides is 1. The number of nitrogens with zero attached hydrogens (tertiary/aromatic N) is 3. The summed E-state index contributed by atoms with van der Waals surface area (Å²) in [7, 11) is 0. The van der Waals surface area contributed by atoms with Crippen LogP contribution in [0.25, 0.3) is 0 Å². The normalized spacial score (nSPS) is 21.9. The van der Waals surface area contributed by atoms with Crippen LogP contribution in [0.1, 0.15) is 51.8 Å². The minimum absolute atomic E-state index is 0.0173. The van der Waals surface area contributed by atoms with Gasteiger partial charge in [-0.05, 0) is 36.9 Å². The molecular weight excluding hydrogens is 411 g/mol. The Kier molecular flexibility index (Phi) is 8.61. The third kappa shape index (κ3) is 5.84. The number of hydrogen-bond donors (Lipinski definition) is 2. The maximum atomic E-state index is 12.6. The summed E-state index contributed by atoms with van der Waals surface area (Å²) in [5, 5.41) is 3.23.